The van der Waals surface area contributed by atoms with Crippen LogP contribution in [0.2, 0.25) is 0 Å². The second-order valence-electron chi connectivity index (χ2n) is 9.59. The first kappa shape index (κ1) is 24.9. The highest BCUT2D eigenvalue weighted by Gasteiger charge is 2.15. The number of Topliss-reactive ketones (excluding diaryl/α,β-unsaturated/α-hetero) is 1. The lowest BCUT2D eigenvalue weighted by atomic mass is 9.99. The number of likely N-dealkylation sites (tertiary alicyclic amines) is 1. The molecule has 5 aromatic rings. The highest BCUT2D eigenvalue weighted by Crippen LogP contribution is 2.33. The zero-order valence-electron chi connectivity index (χ0n) is 20.8. The fraction of sp³-hybridized carbons (Fsp3) is 0.233. The molecule has 0 atom stereocenters. The molecule has 6 rings (SSSR count). The van der Waals surface area contributed by atoms with E-state index in [1.54, 1.807) is 19.4 Å². The van der Waals surface area contributed by atoms with Crippen molar-refractivity contribution in [3.05, 3.63) is 84.3 Å². The number of aromatic nitrogens is 3. The maximum absolute atomic E-state index is 12.6. The van der Waals surface area contributed by atoms with Gasteiger partial charge in [0.1, 0.15) is 0 Å². The van der Waals surface area contributed by atoms with Crippen LogP contribution in [0.3, 0.4) is 0 Å². The Morgan fingerprint density at radius 2 is 1.76 bits per heavy atom. The van der Waals surface area contributed by atoms with Crippen molar-refractivity contribution in [1.82, 2.24) is 19.9 Å². The number of fused-ring (bicyclic) bond motifs is 2. The molecule has 37 heavy (non-hydrogen) atoms. The predicted octanol–water partition coefficient (Wildman–Crippen LogP) is 6.78. The van der Waals surface area contributed by atoms with Crippen LogP contribution in [0.25, 0.3) is 33.1 Å². The van der Waals surface area contributed by atoms with Crippen molar-refractivity contribution in [2.24, 2.45) is 0 Å². The van der Waals surface area contributed by atoms with Gasteiger partial charge in [0.05, 0.1) is 34.1 Å². The van der Waals surface area contributed by atoms with Gasteiger partial charge in [-0.2, -0.15) is 0 Å². The van der Waals surface area contributed by atoms with Crippen molar-refractivity contribution >= 4 is 51.5 Å². The second kappa shape index (κ2) is 10.7. The zero-order chi connectivity index (χ0) is 24.5. The van der Waals surface area contributed by atoms with Crippen molar-refractivity contribution in [3.8, 4) is 11.1 Å². The molecule has 0 unspecified atom stereocenters. The van der Waals surface area contributed by atoms with Gasteiger partial charge < -0.3 is 15.2 Å². The monoisotopic (exact) mass is 511 g/mol. The summed E-state index contributed by atoms with van der Waals surface area (Å²) in [6.45, 7) is 5.10. The largest absolute Gasteiger partial charge is 0.354 e. The third kappa shape index (κ3) is 5.22. The smallest absolute Gasteiger partial charge is 0.163 e. The number of imidazole rings is 1. The molecule has 3 heterocycles. The van der Waals surface area contributed by atoms with Gasteiger partial charge in [-0.3, -0.25) is 9.78 Å². The Kier molecular flexibility index (Phi) is 7.22. The summed E-state index contributed by atoms with van der Waals surface area (Å²) in [4.78, 5) is 27.2. The van der Waals surface area contributed by atoms with Crippen LogP contribution >= 0.6 is 12.4 Å². The lowest BCUT2D eigenvalue weighted by molar-refractivity contribution is 0.101. The molecule has 0 saturated carbocycles. The molecule has 1 aliphatic rings. The van der Waals surface area contributed by atoms with Gasteiger partial charge >= 0.3 is 0 Å². The normalized spacial score (nSPS) is 13.6. The van der Waals surface area contributed by atoms with E-state index in [0.29, 0.717) is 5.56 Å². The van der Waals surface area contributed by atoms with E-state index in [1.807, 2.05) is 12.1 Å². The first-order valence-corrected chi connectivity index (χ1v) is 12.6. The van der Waals surface area contributed by atoms with Gasteiger partial charge in [0.25, 0.3) is 0 Å². The summed E-state index contributed by atoms with van der Waals surface area (Å²) >= 11 is 0. The number of ketones is 1. The van der Waals surface area contributed by atoms with Crippen molar-refractivity contribution < 1.29 is 4.79 Å². The van der Waals surface area contributed by atoms with Crippen molar-refractivity contribution in [3.63, 3.8) is 0 Å². The van der Waals surface area contributed by atoms with Gasteiger partial charge in [0.2, 0.25) is 0 Å². The number of pyridine rings is 1. The standard InChI is InChI=1S/C30H29N5O.ClH/c1-20(36)26-18-31-27-9-7-22(23-8-10-28-29(17-23)33-19-32-28)16-25(27)30(26)34-24-6-4-5-21(15-24)11-14-35-12-2-3-13-35;/h4-10,15-19H,2-3,11-14H2,1H3,(H,31,34)(H,32,33);1H. The number of rotatable bonds is 7. The van der Waals surface area contributed by atoms with Crippen LogP contribution in [0.5, 0.6) is 0 Å². The topological polar surface area (TPSA) is 73.9 Å². The number of hydrogen-bond donors (Lipinski definition) is 2. The lowest BCUT2D eigenvalue weighted by Crippen LogP contribution is -2.21. The molecule has 0 spiro atoms. The fourth-order valence-corrected chi connectivity index (χ4v) is 5.13. The quantitative estimate of drug-likeness (QED) is 0.235. The Balaban J connectivity index is 0.00000280. The van der Waals surface area contributed by atoms with Crippen molar-refractivity contribution in [2.75, 3.05) is 25.0 Å². The first-order valence-electron chi connectivity index (χ1n) is 12.6. The van der Waals surface area contributed by atoms with E-state index in [9.17, 15) is 4.79 Å². The minimum absolute atomic E-state index is 0. The molecule has 1 aliphatic heterocycles. The van der Waals surface area contributed by atoms with Gasteiger partial charge in [0.15, 0.2) is 5.78 Å². The summed E-state index contributed by atoms with van der Waals surface area (Å²) in [5, 5.41) is 4.50. The van der Waals surface area contributed by atoms with Gasteiger partial charge in [-0.05, 0) is 92.4 Å². The van der Waals surface area contributed by atoms with Crippen LogP contribution in [-0.2, 0) is 6.42 Å². The number of nitrogens with zero attached hydrogens (tertiary/aromatic N) is 3. The van der Waals surface area contributed by atoms with E-state index >= 15 is 0 Å². The highest BCUT2D eigenvalue weighted by molar-refractivity contribution is 6.08. The summed E-state index contributed by atoms with van der Waals surface area (Å²) < 4.78 is 0. The second-order valence-corrected chi connectivity index (χ2v) is 9.59. The van der Waals surface area contributed by atoms with Gasteiger partial charge in [0, 0.05) is 23.8 Å². The number of benzene rings is 3. The summed E-state index contributed by atoms with van der Waals surface area (Å²) in [6, 6.07) is 20.9. The van der Waals surface area contributed by atoms with Gasteiger partial charge in [-0.1, -0.05) is 24.3 Å². The number of carbonyl (C=O) groups excluding carboxylic acids is 1. The fourth-order valence-electron chi connectivity index (χ4n) is 5.13. The average molecular weight is 512 g/mol. The highest BCUT2D eigenvalue weighted by atomic mass is 35.5. The van der Waals surface area contributed by atoms with E-state index < -0.39 is 0 Å². The third-order valence-corrected chi connectivity index (χ3v) is 7.11. The predicted molar refractivity (Wildman–Crippen MR) is 153 cm³/mol. The molecular formula is C30H30ClN5O. The number of anilines is 2. The minimum Gasteiger partial charge on any atom is -0.354 e. The number of nitrogens with one attached hydrogen (secondary N) is 2. The Morgan fingerprint density at radius 1 is 0.973 bits per heavy atom. The SMILES string of the molecule is CC(=O)c1cnc2ccc(-c3ccc4nc[nH]c4c3)cc2c1Nc1cccc(CCN2CCCC2)c1.Cl. The summed E-state index contributed by atoms with van der Waals surface area (Å²) in [5.74, 6) is -0.0126. The van der Waals surface area contributed by atoms with Crippen LogP contribution in [0.1, 0.15) is 35.7 Å². The molecule has 0 amide bonds. The molecule has 0 radical (unpaired) electrons. The molecule has 2 N–H and O–H groups in total. The summed E-state index contributed by atoms with van der Waals surface area (Å²) in [5.41, 5.74) is 8.58. The molecule has 3 aromatic carbocycles. The number of carbonyl (C=O) groups is 1. The summed E-state index contributed by atoms with van der Waals surface area (Å²) in [7, 11) is 0. The number of H-pyrrole nitrogens is 1. The number of halogens is 1. The van der Waals surface area contributed by atoms with Gasteiger partial charge in [-0.15, -0.1) is 12.4 Å². The maximum atomic E-state index is 12.6. The van der Waals surface area contributed by atoms with E-state index in [2.05, 4.69) is 73.7 Å². The van der Waals surface area contributed by atoms with Crippen LogP contribution in [0.4, 0.5) is 11.4 Å². The van der Waals surface area contributed by atoms with Crippen molar-refractivity contribution in [1.29, 1.82) is 0 Å². The molecule has 0 aliphatic carbocycles. The molecule has 2 aromatic heterocycles. The molecule has 6 nitrogen and oxygen atoms in total. The van der Waals surface area contributed by atoms with Crippen molar-refractivity contribution in [2.45, 2.75) is 26.2 Å². The third-order valence-electron chi connectivity index (χ3n) is 7.11. The van der Waals surface area contributed by atoms with Gasteiger partial charge in [-0.25, -0.2) is 4.98 Å². The summed E-state index contributed by atoms with van der Waals surface area (Å²) in [6.07, 6.45) is 7.02. The molecular weight excluding hydrogens is 482 g/mol. The molecule has 1 saturated heterocycles. The Bertz CT molecular complexity index is 1570. The first-order chi connectivity index (χ1) is 17.6. The Hall–Kier alpha value is -3.74. The number of aromatic amines is 1. The minimum atomic E-state index is -0.0126. The van der Waals surface area contributed by atoms with E-state index in [4.69, 9.17) is 0 Å². The molecule has 1 fully saturated rings. The van der Waals surface area contributed by atoms with Crippen LogP contribution in [-0.4, -0.2) is 45.3 Å². The number of hydrogen-bond acceptors (Lipinski definition) is 5. The molecule has 188 valence electrons. The van der Waals surface area contributed by atoms with Crippen LogP contribution < -0.4 is 5.32 Å². The zero-order valence-corrected chi connectivity index (χ0v) is 21.6. The molecule has 7 heteroatoms. The Labute approximate surface area is 222 Å². The maximum Gasteiger partial charge on any atom is 0.163 e. The van der Waals surface area contributed by atoms with E-state index in [1.165, 1.54) is 31.5 Å². The lowest BCUT2D eigenvalue weighted by Gasteiger charge is -2.16. The average Bonchev–Trinajstić information content (AvgIpc) is 3.59. The van der Waals surface area contributed by atoms with Crippen LogP contribution in [0.15, 0.2) is 73.2 Å². The Morgan fingerprint density at radius 3 is 2.57 bits per heavy atom. The van der Waals surface area contributed by atoms with E-state index in [0.717, 1.165) is 57.4 Å². The van der Waals surface area contributed by atoms with E-state index in [-0.39, 0.29) is 18.2 Å². The molecule has 0 bridgehead atoms. The van der Waals surface area contributed by atoms with Crippen LogP contribution in [0, 0.1) is 0 Å².